The van der Waals surface area contributed by atoms with Crippen LogP contribution in [0.25, 0.3) is 10.9 Å². The SMILES string of the molecule is COc1ccc2c3c(n(CC=C(C)C)c2c1)[C@@H](C=C(C)C)N1C(=O)[C@H]2CCCN2C(=O)[C@]1(O)[C@@H]3O. The second kappa shape index (κ2) is 8.24. The van der Waals surface area contributed by atoms with Gasteiger partial charge in [0.2, 0.25) is 5.91 Å². The molecule has 0 unspecified atom stereocenters. The molecule has 1 aromatic carbocycles. The van der Waals surface area contributed by atoms with Crippen LogP contribution >= 0.6 is 0 Å². The van der Waals surface area contributed by atoms with Gasteiger partial charge in [-0.15, -0.1) is 0 Å². The Morgan fingerprint density at radius 1 is 1.20 bits per heavy atom. The monoisotopic (exact) mass is 479 g/mol. The van der Waals surface area contributed by atoms with E-state index in [0.717, 1.165) is 22.0 Å². The van der Waals surface area contributed by atoms with Gasteiger partial charge in [0.25, 0.3) is 11.6 Å². The minimum absolute atomic E-state index is 0.326. The van der Waals surface area contributed by atoms with Crippen LogP contribution in [0.4, 0.5) is 0 Å². The standard InChI is InChI=1S/C27H33N3O5/c1-15(2)10-12-28-20-14-17(35-5)8-9-18(20)22-23(28)21(13-16(3)4)30-25(32)19-7-6-11-29(19)26(33)27(30,34)24(22)31/h8-10,13-14,19,21,24,31,34H,6-7,11-12H2,1-5H3/t19-,21-,24-,27-/m1/s1. The first kappa shape index (κ1) is 23.6. The Hall–Kier alpha value is -3.10. The third kappa shape index (κ3) is 3.27. The highest BCUT2D eigenvalue weighted by molar-refractivity contribution is 6.02. The highest BCUT2D eigenvalue weighted by Crippen LogP contribution is 2.52. The number of carbonyl (C=O) groups is 2. The number of benzene rings is 1. The van der Waals surface area contributed by atoms with Crippen molar-refractivity contribution in [2.45, 2.75) is 71.0 Å². The number of rotatable bonds is 4. The summed E-state index contributed by atoms with van der Waals surface area (Å²) in [6, 6.07) is 4.22. The van der Waals surface area contributed by atoms with Gasteiger partial charge in [-0.05, 0) is 52.7 Å². The minimum Gasteiger partial charge on any atom is -0.497 e. The van der Waals surface area contributed by atoms with Gasteiger partial charge in [0.1, 0.15) is 17.9 Å². The van der Waals surface area contributed by atoms with E-state index in [0.29, 0.717) is 42.9 Å². The second-order valence-electron chi connectivity index (χ2n) is 10.3. The predicted molar refractivity (Wildman–Crippen MR) is 132 cm³/mol. The van der Waals surface area contributed by atoms with E-state index >= 15 is 0 Å². The number of aliphatic hydroxyl groups excluding tert-OH is 1. The number of carbonyl (C=O) groups excluding carboxylic acids is 2. The third-order valence-corrected chi connectivity index (χ3v) is 7.46. The maximum Gasteiger partial charge on any atom is 0.279 e. The molecule has 0 aliphatic carbocycles. The fraction of sp³-hybridized carbons (Fsp3) is 0.481. The Morgan fingerprint density at radius 3 is 2.60 bits per heavy atom. The van der Waals surface area contributed by atoms with E-state index in [1.807, 2.05) is 45.9 Å². The van der Waals surface area contributed by atoms with Crippen molar-refractivity contribution in [2.75, 3.05) is 13.7 Å². The van der Waals surface area contributed by atoms with E-state index in [9.17, 15) is 19.8 Å². The van der Waals surface area contributed by atoms with E-state index in [1.54, 1.807) is 13.2 Å². The highest BCUT2D eigenvalue weighted by Gasteiger charge is 2.65. The van der Waals surface area contributed by atoms with E-state index in [2.05, 4.69) is 10.6 Å². The van der Waals surface area contributed by atoms with Crippen LogP contribution in [0, 0.1) is 0 Å². The quantitative estimate of drug-likeness (QED) is 0.657. The number of ether oxygens (including phenoxy) is 1. The summed E-state index contributed by atoms with van der Waals surface area (Å²) in [6.45, 7) is 8.79. The van der Waals surface area contributed by atoms with Crippen molar-refractivity contribution in [2.24, 2.45) is 0 Å². The second-order valence-corrected chi connectivity index (χ2v) is 10.3. The lowest BCUT2D eigenvalue weighted by Gasteiger charge is -2.54. The zero-order valence-electron chi connectivity index (χ0n) is 20.9. The van der Waals surface area contributed by atoms with Gasteiger partial charge < -0.3 is 24.4 Å². The van der Waals surface area contributed by atoms with E-state index in [-0.39, 0.29) is 5.91 Å². The first-order chi connectivity index (χ1) is 16.6. The smallest absolute Gasteiger partial charge is 0.279 e. The molecule has 8 nitrogen and oxygen atoms in total. The summed E-state index contributed by atoms with van der Waals surface area (Å²) in [5.41, 5.74) is 1.67. The minimum atomic E-state index is -2.38. The van der Waals surface area contributed by atoms with Crippen LogP contribution in [0.15, 0.2) is 41.5 Å². The van der Waals surface area contributed by atoms with Crippen LogP contribution < -0.4 is 4.74 Å². The van der Waals surface area contributed by atoms with Gasteiger partial charge in [-0.25, -0.2) is 0 Å². The van der Waals surface area contributed by atoms with Crippen molar-refractivity contribution < 1.29 is 24.5 Å². The predicted octanol–water partition coefficient (Wildman–Crippen LogP) is 3.19. The number of fused-ring (bicyclic) bond motifs is 5. The van der Waals surface area contributed by atoms with Crippen molar-refractivity contribution in [1.29, 1.82) is 0 Å². The van der Waals surface area contributed by atoms with Gasteiger partial charge in [0.15, 0.2) is 0 Å². The molecule has 35 heavy (non-hydrogen) atoms. The molecular weight excluding hydrogens is 446 g/mol. The van der Waals surface area contributed by atoms with Gasteiger partial charge in [0.05, 0.1) is 24.4 Å². The molecule has 0 bridgehead atoms. The normalized spacial score (nSPS) is 27.5. The summed E-state index contributed by atoms with van der Waals surface area (Å²) in [6.07, 6.45) is 3.63. The van der Waals surface area contributed by atoms with Crippen LogP contribution in [0.1, 0.15) is 63.9 Å². The summed E-state index contributed by atoms with van der Waals surface area (Å²) >= 11 is 0. The highest BCUT2D eigenvalue weighted by atomic mass is 16.5. The average Bonchev–Trinajstić information content (AvgIpc) is 3.42. The largest absolute Gasteiger partial charge is 0.497 e. The molecule has 2 amide bonds. The first-order valence-electron chi connectivity index (χ1n) is 12.1. The van der Waals surface area contributed by atoms with E-state index < -0.39 is 29.8 Å². The molecule has 2 saturated heterocycles. The van der Waals surface area contributed by atoms with Crippen molar-refractivity contribution in [3.8, 4) is 5.75 Å². The molecular formula is C27H33N3O5. The number of aromatic nitrogens is 1. The van der Waals surface area contributed by atoms with E-state index in [1.165, 1.54) is 9.80 Å². The fourth-order valence-corrected chi connectivity index (χ4v) is 5.88. The summed E-state index contributed by atoms with van der Waals surface area (Å²) < 4.78 is 7.54. The molecule has 186 valence electrons. The molecule has 2 N–H and O–H groups in total. The van der Waals surface area contributed by atoms with Crippen LogP contribution in [0.3, 0.4) is 0 Å². The lowest BCUT2D eigenvalue weighted by atomic mass is 9.82. The van der Waals surface area contributed by atoms with Crippen molar-refractivity contribution in [1.82, 2.24) is 14.4 Å². The summed E-state index contributed by atoms with van der Waals surface area (Å²) in [7, 11) is 1.60. The van der Waals surface area contributed by atoms with Crippen LogP contribution in [0.5, 0.6) is 5.75 Å². The number of nitrogens with zero attached hydrogens (tertiary/aromatic N) is 3. The number of piperazine rings is 1. The number of aliphatic hydroxyl groups is 2. The molecule has 5 rings (SSSR count). The maximum absolute atomic E-state index is 13.8. The molecule has 8 heteroatoms. The number of hydrogen-bond donors (Lipinski definition) is 2. The van der Waals surface area contributed by atoms with Crippen LogP contribution in [0.2, 0.25) is 0 Å². The van der Waals surface area contributed by atoms with Crippen LogP contribution in [-0.4, -0.2) is 61.8 Å². The third-order valence-electron chi connectivity index (χ3n) is 7.46. The Bertz CT molecular complexity index is 1280. The Kier molecular flexibility index (Phi) is 5.56. The van der Waals surface area contributed by atoms with Gasteiger partial charge in [0, 0.05) is 30.1 Å². The number of allylic oxidation sites excluding steroid dienone is 3. The maximum atomic E-state index is 13.8. The van der Waals surface area contributed by atoms with Crippen molar-refractivity contribution in [3.05, 3.63) is 52.8 Å². The molecule has 2 fully saturated rings. The zero-order valence-corrected chi connectivity index (χ0v) is 20.9. The van der Waals surface area contributed by atoms with Gasteiger partial charge in [-0.3, -0.25) is 14.5 Å². The molecule has 4 heterocycles. The zero-order chi connectivity index (χ0) is 25.2. The molecule has 1 aromatic heterocycles. The Labute approximate surface area is 205 Å². The van der Waals surface area contributed by atoms with Crippen LogP contribution in [-0.2, 0) is 16.1 Å². The van der Waals surface area contributed by atoms with Gasteiger partial charge >= 0.3 is 0 Å². The molecule has 3 aliphatic heterocycles. The molecule has 0 radical (unpaired) electrons. The topological polar surface area (TPSA) is 95.2 Å². The molecule has 3 aliphatic rings. The molecule has 0 spiro atoms. The first-order valence-corrected chi connectivity index (χ1v) is 12.1. The van der Waals surface area contributed by atoms with Crippen molar-refractivity contribution in [3.63, 3.8) is 0 Å². The lowest BCUT2D eigenvalue weighted by molar-refractivity contribution is -0.229. The molecule has 0 saturated carbocycles. The number of methoxy groups -OCH3 is 1. The fourth-order valence-electron chi connectivity index (χ4n) is 5.88. The molecule has 2 aromatic rings. The summed E-state index contributed by atoms with van der Waals surface area (Å²) in [5.74, 6) is -0.278. The van der Waals surface area contributed by atoms with E-state index in [4.69, 9.17) is 4.74 Å². The lowest BCUT2D eigenvalue weighted by Crippen LogP contribution is -2.74. The summed E-state index contributed by atoms with van der Waals surface area (Å²) in [4.78, 5) is 30.2. The number of amides is 2. The van der Waals surface area contributed by atoms with Gasteiger partial charge in [-0.1, -0.05) is 23.3 Å². The van der Waals surface area contributed by atoms with Crippen molar-refractivity contribution >= 4 is 22.7 Å². The Balaban J connectivity index is 1.86. The average molecular weight is 480 g/mol. The van der Waals surface area contributed by atoms with Gasteiger partial charge in [-0.2, -0.15) is 0 Å². The summed E-state index contributed by atoms with van der Waals surface area (Å²) in [5, 5.41) is 24.4. The molecule has 4 atom stereocenters. The number of hydrogen-bond acceptors (Lipinski definition) is 5. The Morgan fingerprint density at radius 2 is 1.94 bits per heavy atom.